The highest BCUT2D eigenvalue weighted by Gasteiger charge is 2.02. The van der Waals surface area contributed by atoms with Gasteiger partial charge in [-0.15, -0.1) is 0 Å². The lowest BCUT2D eigenvalue weighted by molar-refractivity contribution is 0.622. The van der Waals surface area contributed by atoms with Crippen molar-refractivity contribution < 1.29 is 0 Å². The van der Waals surface area contributed by atoms with Crippen LogP contribution in [0.4, 0.5) is 0 Å². The van der Waals surface area contributed by atoms with Crippen LogP contribution in [-0.2, 0) is 13.1 Å². The maximum atomic E-state index is 4.33. The molecule has 1 aromatic heterocycles. The second kappa shape index (κ2) is 5.45. The SMILES string of the molecule is CNCc1ccnn1Cc1ccc(I)cc1. The quantitative estimate of drug-likeness (QED) is 0.873. The average Bonchev–Trinajstić information content (AvgIpc) is 2.70. The van der Waals surface area contributed by atoms with Gasteiger partial charge in [-0.25, -0.2) is 0 Å². The van der Waals surface area contributed by atoms with E-state index in [0.29, 0.717) is 0 Å². The second-order valence-corrected chi connectivity index (χ2v) is 4.88. The van der Waals surface area contributed by atoms with Gasteiger partial charge in [0.1, 0.15) is 0 Å². The first kappa shape index (κ1) is 11.6. The van der Waals surface area contributed by atoms with Crippen molar-refractivity contribution in [2.45, 2.75) is 13.1 Å². The van der Waals surface area contributed by atoms with Crippen LogP contribution in [0.3, 0.4) is 0 Å². The van der Waals surface area contributed by atoms with Crippen LogP contribution < -0.4 is 5.32 Å². The molecule has 0 aliphatic carbocycles. The number of rotatable bonds is 4. The molecule has 0 fully saturated rings. The van der Waals surface area contributed by atoms with Gasteiger partial charge in [0, 0.05) is 16.3 Å². The fourth-order valence-corrected chi connectivity index (χ4v) is 1.96. The summed E-state index contributed by atoms with van der Waals surface area (Å²) < 4.78 is 3.29. The minimum atomic E-state index is 0.834. The first-order valence-corrected chi connectivity index (χ1v) is 6.27. The number of nitrogens with zero attached hydrogens (tertiary/aromatic N) is 2. The Morgan fingerprint density at radius 2 is 2.00 bits per heavy atom. The molecule has 0 aliphatic heterocycles. The Balaban J connectivity index is 2.13. The third kappa shape index (κ3) is 2.82. The van der Waals surface area contributed by atoms with Crippen molar-refractivity contribution in [1.82, 2.24) is 15.1 Å². The second-order valence-electron chi connectivity index (χ2n) is 3.64. The summed E-state index contributed by atoms with van der Waals surface area (Å²) in [5, 5.41) is 7.47. The van der Waals surface area contributed by atoms with Gasteiger partial charge in [-0.2, -0.15) is 5.10 Å². The minimum Gasteiger partial charge on any atom is -0.314 e. The van der Waals surface area contributed by atoms with Crippen LogP contribution in [0.5, 0.6) is 0 Å². The molecule has 0 radical (unpaired) electrons. The van der Waals surface area contributed by atoms with Gasteiger partial charge in [-0.3, -0.25) is 4.68 Å². The standard InChI is InChI=1S/C12H14IN3/c1-14-8-12-6-7-15-16(12)9-10-2-4-11(13)5-3-10/h2-7,14H,8-9H2,1H3. The molecule has 84 valence electrons. The van der Waals surface area contributed by atoms with Gasteiger partial charge in [0.2, 0.25) is 0 Å². The molecule has 0 saturated heterocycles. The summed E-state index contributed by atoms with van der Waals surface area (Å²) in [7, 11) is 1.95. The lowest BCUT2D eigenvalue weighted by Crippen LogP contribution is -2.12. The number of aromatic nitrogens is 2. The van der Waals surface area contributed by atoms with E-state index in [2.05, 4.69) is 57.3 Å². The smallest absolute Gasteiger partial charge is 0.0663 e. The molecule has 0 atom stereocenters. The normalized spacial score (nSPS) is 10.6. The van der Waals surface area contributed by atoms with Gasteiger partial charge in [-0.1, -0.05) is 12.1 Å². The molecular weight excluding hydrogens is 313 g/mol. The van der Waals surface area contributed by atoms with Crippen molar-refractivity contribution >= 4 is 22.6 Å². The zero-order valence-corrected chi connectivity index (χ0v) is 11.3. The number of halogens is 1. The third-order valence-electron chi connectivity index (χ3n) is 2.41. The Kier molecular flexibility index (Phi) is 3.95. The van der Waals surface area contributed by atoms with E-state index in [9.17, 15) is 0 Å². The molecule has 0 saturated carbocycles. The lowest BCUT2D eigenvalue weighted by Gasteiger charge is -2.07. The Hall–Kier alpha value is -0.880. The van der Waals surface area contributed by atoms with Gasteiger partial charge >= 0.3 is 0 Å². The molecule has 16 heavy (non-hydrogen) atoms. The summed E-state index contributed by atoms with van der Waals surface area (Å²) in [6.45, 7) is 1.69. The van der Waals surface area contributed by atoms with Crippen molar-refractivity contribution in [1.29, 1.82) is 0 Å². The Morgan fingerprint density at radius 3 is 2.69 bits per heavy atom. The molecule has 2 aromatic rings. The monoisotopic (exact) mass is 327 g/mol. The fraction of sp³-hybridized carbons (Fsp3) is 0.250. The average molecular weight is 327 g/mol. The lowest BCUT2D eigenvalue weighted by atomic mass is 10.2. The summed E-state index contributed by atoms with van der Waals surface area (Å²) in [6, 6.07) is 10.6. The first-order chi connectivity index (χ1) is 7.79. The molecule has 1 aromatic carbocycles. The van der Waals surface area contributed by atoms with Crippen LogP contribution >= 0.6 is 22.6 Å². The molecule has 0 spiro atoms. The van der Waals surface area contributed by atoms with Crippen molar-refractivity contribution in [3.05, 3.63) is 51.4 Å². The van der Waals surface area contributed by atoms with Crippen LogP contribution in [0.15, 0.2) is 36.5 Å². The van der Waals surface area contributed by atoms with Crippen LogP contribution in [0.25, 0.3) is 0 Å². The molecule has 2 rings (SSSR count). The van der Waals surface area contributed by atoms with Crippen LogP contribution in [0.1, 0.15) is 11.3 Å². The highest BCUT2D eigenvalue weighted by atomic mass is 127. The molecule has 4 heteroatoms. The van der Waals surface area contributed by atoms with E-state index in [1.54, 1.807) is 0 Å². The molecule has 1 heterocycles. The minimum absolute atomic E-state index is 0.834. The van der Waals surface area contributed by atoms with Crippen molar-refractivity contribution in [2.75, 3.05) is 7.05 Å². The predicted molar refractivity (Wildman–Crippen MR) is 73.3 cm³/mol. The van der Waals surface area contributed by atoms with E-state index >= 15 is 0 Å². The van der Waals surface area contributed by atoms with E-state index in [0.717, 1.165) is 13.1 Å². The van der Waals surface area contributed by atoms with E-state index in [4.69, 9.17) is 0 Å². The van der Waals surface area contributed by atoms with Gasteiger partial charge in [0.25, 0.3) is 0 Å². The van der Waals surface area contributed by atoms with Crippen molar-refractivity contribution in [2.24, 2.45) is 0 Å². The molecule has 0 unspecified atom stereocenters. The maximum Gasteiger partial charge on any atom is 0.0663 e. The number of hydrogen-bond acceptors (Lipinski definition) is 2. The third-order valence-corrected chi connectivity index (χ3v) is 3.13. The molecule has 0 aliphatic rings. The topological polar surface area (TPSA) is 29.9 Å². The fourth-order valence-electron chi connectivity index (χ4n) is 1.60. The van der Waals surface area contributed by atoms with Gasteiger partial charge in [-0.05, 0) is 53.4 Å². The van der Waals surface area contributed by atoms with E-state index in [1.165, 1.54) is 14.8 Å². The van der Waals surface area contributed by atoms with Crippen molar-refractivity contribution in [3.63, 3.8) is 0 Å². The highest BCUT2D eigenvalue weighted by molar-refractivity contribution is 14.1. The molecule has 3 nitrogen and oxygen atoms in total. The molecule has 0 bridgehead atoms. The number of benzene rings is 1. The Morgan fingerprint density at radius 1 is 1.25 bits per heavy atom. The van der Waals surface area contributed by atoms with Crippen LogP contribution in [0.2, 0.25) is 0 Å². The zero-order chi connectivity index (χ0) is 11.4. The molecule has 1 N–H and O–H groups in total. The summed E-state index contributed by atoms with van der Waals surface area (Å²) >= 11 is 2.31. The van der Waals surface area contributed by atoms with E-state index in [1.807, 2.05) is 24.0 Å². The summed E-state index contributed by atoms with van der Waals surface area (Å²) in [5.74, 6) is 0. The molecular formula is C12H14IN3. The summed E-state index contributed by atoms with van der Waals surface area (Å²) in [5.41, 5.74) is 2.49. The number of nitrogens with one attached hydrogen (secondary N) is 1. The van der Waals surface area contributed by atoms with Crippen LogP contribution in [0, 0.1) is 3.57 Å². The van der Waals surface area contributed by atoms with Crippen molar-refractivity contribution in [3.8, 4) is 0 Å². The Bertz CT molecular complexity index is 448. The number of hydrogen-bond donors (Lipinski definition) is 1. The van der Waals surface area contributed by atoms with Crippen LogP contribution in [-0.4, -0.2) is 16.8 Å². The zero-order valence-electron chi connectivity index (χ0n) is 9.15. The predicted octanol–water partition coefficient (Wildman–Crippen LogP) is 2.26. The summed E-state index contributed by atoms with van der Waals surface area (Å²) in [6.07, 6.45) is 1.85. The van der Waals surface area contributed by atoms with Gasteiger partial charge in [0.15, 0.2) is 0 Å². The maximum absolute atomic E-state index is 4.33. The first-order valence-electron chi connectivity index (χ1n) is 5.19. The van der Waals surface area contributed by atoms with Gasteiger partial charge < -0.3 is 5.32 Å². The molecule has 0 amide bonds. The van der Waals surface area contributed by atoms with E-state index < -0.39 is 0 Å². The highest BCUT2D eigenvalue weighted by Crippen LogP contribution is 2.09. The summed E-state index contributed by atoms with van der Waals surface area (Å²) in [4.78, 5) is 0. The Labute approximate surface area is 109 Å². The largest absolute Gasteiger partial charge is 0.314 e. The van der Waals surface area contributed by atoms with E-state index in [-0.39, 0.29) is 0 Å². The van der Waals surface area contributed by atoms with Gasteiger partial charge in [0.05, 0.1) is 12.2 Å².